The largest absolute Gasteiger partial charge is 0.497 e. The minimum absolute atomic E-state index is 0.0377. The lowest BCUT2D eigenvalue weighted by molar-refractivity contribution is -0.142. The molecule has 2 N–H and O–H groups in total. The van der Waals surface area contributed by atoms with Crippen LogP contribution in [0.4, 0.5) is 0 Å². The zero-order valence-corrected chi connectivity index (χ0v) is 60.6. The molecule has 99 heavy (non-hydrogen) atoms. The number of carboxylic acids is 1. The van der Waals surface area contributed by atoms with Crippen molar-refractivity contribution in [2.45, 2.75) is 163 Å². The van der Waals surface area contributed by atoms with Crippen molar-refractivity contribution >= 4 is 43.7 Å². The fraction of sp³-hybridized carbons (Fsp3) is 0.622. The zero-order valence-electron chi connectivity index (χ0n) is 59.0. The predicted octanol–water partition coefficient (Wildman–Crippen LogP) is 6.39. The van der Waals surface area contributed by atoms with Crippen LogP contribution in [0, 0.1) is 27.7 Å². The fourth-order valence-electron chi connectivity index (χ4n) is 16.4. The van der Waals surface area contributed by atoms with Crippen LogP contribution in [0.25, 0.3) is 0 Å². The molecule has 0 aromatic heterocycles. The number of benzene rings is 4. The normalized spacial score (nSPS) is 21.4. The molecule has 0 bridgehead atoms. The van der Waals surface area contributed by atoms with Gasteiger partial charge in [0.05, 0.1) is 37.2 Å². The van der Waals surface area contributed by atoms with Crippen molar-refractivity contribution in [1.82, 2.24) is 48.2 Å². The van der Waals surface area contributed by atoms with Gasteiger partial charge in [-0.05, 0) is 188 Å². The molecule has 8 fully saturated rings. The summed E-state index contributed by atoms with van der Waals surface area (Å²) in [5.41, 5.74) is 6.55. The Labute approximate surface area is 586 Å². The molecule has 10 aliphatic rings. The van der Waals surface area contributed by atoms with Gasteiger partial charge in [0, 0.05) is 151 Å². The molecular weight excluding hydrogens is 1300 g/mol. The van der Waals surface area contributed by atoms with E-state index in [1.54, 1.807) is 70.5 Å². The van der Waals surface area contributed by atoms with Gasteiger partial charge in [0.2, 0.25) is 26.0 Å². The first-order chi connectivity index (χ1) is 47.6. The van der Waals surface area contributed by atoms with Gasteiger partial charge in [-0.2, -0.15) is 8.61 Å². The summed E-state index contributed by atoms with van der Waals surface area (Å²) >= 11 is 0. The molecule has 4 aromatic rings. The Morgan fingerprint density at radius 1 is 0.535 bits per heavy atom. The SMILES string of the molecule is COc1cc(C)c(S(=O)(=O)N(CCOCC(=O)N2CCC(CN3Cc4ccccc4C3=O)(N3CCN(C4CC4)CC3)CC2)C2CC2)c(C)c1.COc1cc(C)c(S(=O)(=O)N(CCOCC(=O)O)C2CC2)c(C)c1.O=C1c2ccccc2CN1CC1(N2CCN(C3CC3)CC2)CCNCC1. The third-order valence-electron chi connectivity index (χ3n) is 22.2. The number of rotatable bonds is 26. The average Bonchev–Trinajstić information content (AvgIpc) is 1.76. The molecule has 4 saturated heterocycles. The molecule has 540 valence electrons. The molecule has 6 aliphatic heterocycles. The number of hydrogen-bond donors (Lipinski definition) is 2. The first kappa shape index (κ1) is 72.7. The van der Waals surface area contributed by atoms with Gasteiger partial charge in [0.1, 0.15) is 24.7 Å². The highest BCUT2D eigenvalue weighted by molar-refractivity contribution is 7.89. The number of fused-ring (bicyclic) bond motifs is 2. The van der Waals surface area contributed by atoms with Gasteiger partial charge in [-0.25, -0.2) is 21.6 Å². The lowest BCUT2D eigenvalue weighted by atomic mass is 9.84. The highest BCUT2D eigenvalue weighted by atomic mass is 32.2. The van der Waals surface area contributed by atoms with E-state index >= 15 is 0 Å². The maximum Gasteiger partial charge on any atom is 0.329 e. The third-order valence-corrected chi connectivity index (χ3v) is 26.7. The average molecular weight is 1410 g/mol. The molecule has 4 saturated carbocycles. The van der Waals surface area contributed by atoms with Gasteiger partial charge in [0.15, 0.2) is 0 Å². The summed E-state index contributed by atoms with van der Waals surface area (Å²) in [7, 11) is -4.30. The van der Waals surface area contributed by atoms with Crippen LogP contribution in [0.3, 0.4) is 0 Å². The Bertz CT molecular complexity index is 3730. The second-order valence-corrected chi connectivity index (χ2v) is 32.8. The number of sulfonamides is 2. The molecule has 23 nitrogen and oxygen atoms in total. The van der Waals surface area contributed by atoms with Gasteiger partial charge >= 0.3 is 5.97 Å². The molecule has 14 rings (SSSR count). The number of ether oxygens (including phenoxy) is 4. The van der Waals surface area contributed by atoms with E-state index in [0.717, 1.165) is 146 Å². The van der Waals surface area contributed by atoms with E-state index < -0.39 is 32.6 Å². The number of carbonyl (C=O) groups is 4. The topological polar surface area (TPSA) is 235 Å². The highest BCUT2D eigenvalue weighted by Crippen LogP contribution is 2.41. The number of carboxylic acid groups (broad SMARTS) is 1. The van der Waals surface area contributed by atoms with Crippen LogP contribution in [0.2, 0.25) is 0 Å². The van der Waals surface area contributed by atoms with Gasteiger partial charge in [-0.15, -0.1) is 0 Å². The summed E-state index contributed by atoms with van der Waals surface area (Å²) in [5.74, 6) is 0.451. The van der Waals surface area contributed by atoms with E-state index in [1.165, 1.54) is 48.6 Å². The number of nitrogens with one attached hydrogen (secondary N) is 1. The lowest BCUT2D eigenvalue weighted by Gasteiger charge is -2.52. The lowest BCUT2D eigenvalue weighted by Crippen LogP contribution is -2.65. The van der Waals surface area contributed by atoms with Crippen LogP contribution in [0.5, 0.6) is 11.5 Å². The Morgan fingerprint density at radius 3 is 1.28 bits per heavy atom. The van der Waals surface area contributed by atoms with Crippen molar-refractivity contribution in [3.63, 3.8) is 0 Å². The summed E-state index contributed by atoms with van der Waals surface area (Å²) in [6, 6.07) is 24.5. The molecule has 4 aromatic carbocycles. The van der Waals surface area contributed by atoms with E-state index in [4.69, 9.17) is 24.1 Å². The number of likely N-dealkylation sites (tertiary alicyclic amines) is 1. The number of aliphatic carboxylic acids is 1. The van der Waals surface area contributed by atoms with Gasteiger partial charge in [0.25, 0.3) is 11.8 Å². The number of hydrogen-bond acceptors (Lipinski definition) is 17. The molecule has 0 radical (unpaired) electrons. The van der Waals surface area contributed by atoms with Crippen LogP contribution in [-0.2, 0) is 52.2 Å². The maximum atomic E-state index is 13.8. The van der Waals surface area contributed by atoms with Gasteiger partial charge < -0.3 is 44.1 Å². The van der Waals surface area contributed by atoms with Crippen molar-refractivity contribution in [1.29, 1.82) is 0 Å². The van der Waals surface area contributed by atoms with Crippen molar-refractivity contribution in [3.05, 3.63) is 117 Å². The van der Waals surface area contributed by atoms with Crippen molar-refractivity contribution in [3.8, 4) is 11.5 Å². The van der Waals surface area contributed by atoms with Crippen LogP contribution in [-0.4, -0.2) is 269 Å². The number of piperidine rings is 2. The predicted molar refractivity (Wildman–Crippen MR) is 376 cm³/mol. The third kappa shape index (κ3) is 16.9. The molecule has 3 amide bonds. The number of carbonyl (C=O) groups excluding carboxylic acids is 3. The summed E-state index contributed by atoms with van der Waals surface area (Å²) < 4.78 is 78.2. The quantitative estimate of drug-likeness (QED) is 0.0648. The van der Waals surface area contributed by atoms with Crippen molar-refractivity contribution in [2.24, 2.45) is 0 Å². The number of piperazine rings is 2. The van der Waals surface area contributed by atoms with E-state index in [9.17, 15) is 36.0 Å². The monoisotopic (exact) mass is 1400 g/mol. The molecule has 25 heteroatoms. The van der Waals surface area contributed by atoms with Crippen LogP contribution < -0.4 is 14.8 Å². The van der Waals surface area contributed by atoms with Gasteiger partial charge in [-0.1, -0.05) is 36.4 Å². The number of amides is 3. The Morgan fingerprint density at radius 2 is 0.919 bits per heavy atom. The first-order valence-corrected chi connectivity index (χ1v) is 38.9. The number of nitrogens with zero attached hydrogens (tertiary/aromatic N) is 9. The number of aryl methyl sites for hydroxylation is 4. The van der Waals surface area contributed by atoms with E-state index in [-0.39, 0.29) is 78.7 Å². The van der Waals surface area contributed by atoms with Crippen molar-refractivity contribution in [2.75, 3.05) is 145 Å². The highest BCUT2D eigenvalue weighted by Gasteiger charge is 2.48. The molecule has 0 atom stereocenters. The van der Waals surface area contributed by atoms with E-state index in [1.807, 2.05) is 46.2 Å². The molecular formula is C74H104N10O13S2. The smallest absolute Gasteiger partial charge is 0.329 e. The fourth-order valence-corrected chi connectivity index (χ4v) is 20.5. The standard InChI is InChI=1S/C37H51N5O6S.C21H30N4O.C16H23NO6S/c1-27-22-32(47-3)23-28(2)35(27)49(45,46)42(31-10-11-31)20-21-48-25-34(43)39-14-12-37(13-15-39,41-18-16-38(17-19-41)30-8-9-30)26-40-24-29-6-4-5-7-33(29)36(40)44;26-20-19-4-2-1-3-17(19)15-24(20)16-21(7-9-22-10-8-21)25-13-11-23(12-14-25)18-5-6-18;1-11-8-14(22-3)9-12(2)16(11)24(20,21)17(13-4-5-13)6-7-23-10-15(18)19/h4-7,22-23,30-31H,8-21,24-26H2,1-3H3;1-4,18,22H,5-16H2;8-9,13H,4-7,10H2,1-3H3,(H,18,19). The molecule has 0 spiro atoms. The van der Waals surface area contributed by atoms with Crippen LogP contribution in [0.15, 0.2) is 82.6 Å². The molecule has 4 aliphatic carbocycles. The molecule has 6 heterocycles. The maximum absolute atomic E-state index is 13.8. The minimum Gasteiger partial charge on any atom is -0.497 e. The molecule has 0 unspecified atom stereocenters. The zero-order chi connectivity index (χ0) is 69.8. The Balaban J connectivity index is 0.000000156. The van der Waals surface area contributed by atoms with Crippen LogP contribution >= 0.6 is 0 Å². The van der Waals surface area contributed by atoms with E-state index in [2.05, 4.69) is 41.9 Å². The minimum atomic E-state index is -3.74. The van der Waals surface area contributed by atoms with Gasteiger partial charge in [-0.3, -0.25) is 34.0 Å². The van der Waals surface area contributed by atoms with Crippen molar-refractivity contribution < 1.29 is 60.1 Å². The second kappa shape index (κ2) is 31.2. The Kier molecular flexibility index (Phi) is 22.9. The first-order valence-electron chi connectivity index (χ1n) is 36.0. The Hall–Kier alpha value is -6.10. The summed E-state index contributed by atoms with van der Waals surface area (Å²) in [4.78, 5) is 67.5. The van der Waals surface area contributed by atoms with E-state index in [0.29, 0.717) is 64.8 Å². The van der Waals surface area contributed by atoms with Crippen LogP contribution in [0.1, 0.15) is 131 Å². The summed E-state index contributed by atoms with van der Waals surface area (Å²) in [6.07, 6.45) is 12.6. The summed E-state index contributed by atoms with van der Waals surface area (Å²) in [5, 5.41) is 12.1. The second-order valence-electron chi connectivity index (χ2n) is 29.1. The summed E-state index contributed by atoms with van der Waals surface area (Å²) in [6.45, 7) is 22.3. The number of methoxy groups -OCH3 is 2.